The van der Waals surface area contributed by atoms with Crippen molar-refractivity contribution < 1.29 is 71.5 Å². The molecule has 57 heavy (non-hydrogen) atoms. The molecule has 0 radical (unpaired) electrons. The number of aliphatic carboxylic acids is 4. The van der Waals surface area contributed by atoms with Crippen molar-refractivity contribution in [2.75, 3.05) is 78.7 Å². The molecule has 0 aromatic heterocycles. The Morgan fingerprint density at radius 1 is 0.596 bits per heavy atom. The summed E-state index contributed by atoms with van der Waals surface area (Å²) in [5.74, 6) is -12.4. The largest absolute Gasteiger partial charge is 0.480 e. The van der Waals surface area contributed by atoms with Crippen molar-refractivity contribution in [3.05, 3.63) is 34.9 Å². The topological polar surface area (TPSA) is 237 Å². The molecular weight excluding hydrogens is 768 g/mol. The number of Topliss-reactive ketones (excluding diaryl/α,β-unsaturated/α-hetero) is 1. The van der Waals surface area contributed by atoms with Crippen molar-refractivity contribution in [3.63, 3.8) is 0 Å². The minimum atomic E-state index is -1.62. The quantitative estimate of drug-likeness (QED) is 0.0485. The van der Waals surface area contributed by atoms with E-state index in [9.17, 15) is 71.5 Å². The maximum Gasteiger partial charge on any atom is 0.320 e. The number of nitrogens with one attached hydrogen (secondary N) is 2. The Morgan fingerprint density at radius 2 is 1.05 bits per heavy atom. The van der Waals surface area contributed by atoms with E-state index in [0.29, 0.717) is 32.2 Å². The Hall–Kier alpha value is -4.73. The first kappa shape index (κ1) is 48.4. The fourth-order valence-corrected chi connectivity index (χ4v) is 6.19. The Morgan fingerprint density at radius 3 is 1.56 bits per heavy atom. The van der Waals surface area contributed by atoms with Gasteiger partial charge in [0, 0.05) is 89.7 Å². The number of rotatable bonds is 24. The molecule has 1 heterocycles. The molecular formula is C36H52F4N6O11. The summed E-state index contributed by atoms with van der Waals surface area (Å²) in [6.07, 6.45) is 1.11. The molecule has 0 aliphatic carbocycles. The lowest BCUT2D eigenvalue weighted by Gasteiger charge is -2.34. The first-order valence-corrected chi connectivity index (χ1v) is 18.6. The van der Waals surface area contributed by atoms with Crippen LogP contribution in [0.3, 0.4) is 0 Å². The number of unbranched alkanes of at least 4 members (excludes halogenated alkanes) is 3. The fraction of sp³-hybridized carbons (Fsp3) is 0.639. The van der Waals surface area contributed by atoms with E-state index in [4.69, 9.17) is 0 Å². The van der Waals surface area contributed by atoms with Crippen LogP contribution < -0.4 is 10.6 Å². The minimum Gasteiger partial charge on any atom is -0.480 e. The monoisotopic (exact) mass is 820 g/mol. The van der Waals surface area contributed by atoms with Crippen LogP contribution in [0.4, 0.5) is 17.6 Å². The molecule has 1 aliphatic rings. The molecule has 1 aromatic carbocycles. The van der Waals surface area contributed by atoms with Crippen molar-refractivity contribution >= 4 is 41.5 Å². The Balaban J connectivity index is 1.76. The number of amides is 2. The van der Waals surface area contributed by atoms with Gasteiger partial charge in [-0.25, -0.2) is 17.6 Å². The smallest absolute Gasteiger partial charge is 0.320 e. The van der Waals surface area contributed by atoms with Crippen molar-refractivity contribution in [3.8, 4) is 0 Å². The molecule has 21 heteroatoms. The van der Waals surface area contributed by atoms with Gasteiger partial charge in [-0.3, -0.25) is 53.2 Å². The van der Waals surface area contributed by atoms with E-state index in [-0.39, 0.29) is 110 Å². The molecule has 0 saturated carbocycles. The number of nitrogens with zero attached hydrogens (tertiary/aromatic N) is 4. The van der Waals surface area contributed by atoms with E-state index in [1.807, 2.05) is 0 Å². The molecule has 0 bridgehead atoms. The lowest BCUT2D eigenvalue weighted by atomic mass is 10.0. The van der Waals surface area contributed by atoms with Crippen molar-refractivity contribution in [2.45, 2.75) is 70.3 Å². The normalized spacial score (nSPS) is 15.6. The number of halogens is 4. The first-order chi connectivity index (χ1) is 27.0. The predicted molar refractivity (Wildman–Crippen MR) is 193 cm³/mol. The third-order valence-electron chi connectivity index (χ3n) is 9.18. The van der Waals surface area contributed by atoms with E-state index < -0.39 is 83.4 Å². The molecule has 1 saturated heterocycles. The molecule has 1 atom stereocenters. The van der Waals surface area contributed by atoms with Crippen LogP contribution in [0.15, 0.2) is 6.07 Å². The van der Waals surface area contributed by atoms with Crippen LogP contribution in [0.2, 0.25) is 0 Å². The number of carbonyl (C=O) groups excluding carboxylic acids is 3. The number of hydrogen-bond acceptors (Lipinski definition) is 11. The van der Waals surface area contributed by atoms with Crippen LogP contribution in [-0.4, -0.2) is 166 Å². The van der Waals surface area contributed by atoms with Gasteiger partial charge in [0.15, 0.2) is 23.3 Å². The Kier molecular flexibility index (Phi) is 21.7. The molecule has 2 rings (SSSR count). The summed E-state index contributed by atoms with van der Waals surface area (Å²) in [6, 6.07) is -1.16. The third-order valence-corrected chi connectivity index (χ3v) is 9.18. The summed E-state index contributed by atoms with van der Waals surface area (Å²) in [7, 11) is 0. The zero-order chi connectivity index (χ0) is 42.5. The number of carboxylic acids is 4. The van der Waals surface area contributed by atoms with E-state index in [2.05, 4.69) is 10.6 Å². The van der Waals surface area contributed by atoms with Gasteiger partial charge in [-0.05, 0) is 38.5 Å². The number of carbonyl (C=O) groups is 7. The number of ketones is 1. The molecule has 0 spiro atoms. The van der Waals surface area contributed by atoms with Gasteiger partial charge in [0.05, 0.1) is 26.3 Å². The fourth-order valence-electron chi connectivity index (χ4n) is 6.19. The zero-order valence-electron chi connectivity index (χ0n) is 31.7. The van der Waals surface area contributed by atoms with Gasteiger partial charge in [0.1, 0.15) is 11.8 Å². The lowest BCUT2D eigenvalue weighted by Crippen LogP contribution is -2.51. The van der Waals surface area contributed by atoms with Gasteiger partial charge in [-0.1, -0.05) is 0 Å². The predicted octanol–water partition coefficient (Wildman–Crippen LogP) is 0.984. The Bertz CT molecular complexity index is 1530. The maximum atomic E-state index is 13.8. The van der Waals surface area contributed by atoms with Crippen LogP contribution in [0.5, 0.6) is 0 Å². The minimum absolute atomic E-state index is 0.0308. The van der Waals surface area contributed by atoms with Crippen LogP contribution in [0, 0.1) is 23.3 Å². The highest BCUT2D eigenvalue weighted by molar-refractivity contribution is 5.81. The summed E-state index contributed by atoms with van der Waals surface area (Å²) in [4.78, 5) is 89.8. The average molecular weight is 821 g/mol. The van der Waals surface area contributed by atoms with Crippen molar-refractivity contribution in [2.24, 2.45) is 0 Å². The molecule has 1 aliphatic heterocycles. The van der Waals surface area contributed by atoms with Gasteiger partial charge < -0.3 is 31.1 Å². The maximum absolute atomic E-state index is 13.8. The van der Waals surface area contributed by atoms with Crippen LogP contribution in [-0.2, 0) is 40.0 Å². The number of benzene rings is 1. The standard InChI is InChI=1S/C36H52F4N6O11/c37-26-19-27(38)35(40)25(34(26)39)18-24(47)6-2-3-7-29(48)41-10-4-1-5-11-42-30(49)9-8-28(36(56)57)46-17-16-44(21-32(52)53)13-12-43(20-31(50)51)14-15-45(23-46)22-33(54)55/h19,28H,1-18,20-23H2,(H,41,48)(H,42,49)(H,50,51)(H,52,53)(H,54,55)(H,56,57). The number of carboxylic acid groups (broad SMARTS) is 4. The van der Waals surface area contributed by atoms with Crippen molar-refractivity contribution in [1.82, 2.24) is 30.2 Å². The van der Waals surface area contributed by atoms with E-state index in [1.165, 1.54) is 9.80 Å². The summed E-state index contributed by atoms with van der Waals surface area (Å²) in [5.41, 5.74) is -0.974. The highest BCUT2D eigenvalue weighted by atomic mass is 19.2. The zero-order valence-corrected chi connectivity index (χ0v) is 31.7. The highest BCUT2D eigenvalue weighted by Gasteiger charge is 2.30. The van der Waals surface area contributed by atoms with Crippen LogP contribution in [0.1, 0.15) is 63.4 Å². The highest BCUT2D eigenvalue weighted by Crippen LogP contribution is 2.21. The van der Waals surface area contributed by atoms with Gasteiger partial charge in [-0.2, -0.15) is 0 Å². The molecule has 1 fully saturated rings. The van der Waals surface area contributed by atoms with E-state index in [0.717, 1.165) is 0 Å². The van der Waals surface area contributed by atoms with Crippen LogP contribution >= 0.6 is 0 Å². The third kappa shape index (κ3) is 19.3. The van der Waals surface area contributed by atoms with Gasteiger partial charge >= 0.3 is 23.9 Å². The summed E-state index contributed by atoms with van der Waals surface area (Å²) in [6.45, 7) is -0.0292. The number of hydrogen-bond donors (Lipinski definition) is 6. The molecule has 6 N–H and O–H groups in total. The molecule has 1 unspecified atom stereocenters. The van der Waals surface area contributed by atoms with E-state index >= 15 is 0 Å². The van der Waals surface area contributed by atoms with Crippen LogP contribution in [0.25, 0.3) is 0 Å². The second-order valence-corrected chi connectivity index (χ2v) is 13.8. The Labute approximate surface area is 326 Å². The van der Waals surface area contributed by atoms with E-state index in [1.54, 1.807) is 9.80 Å². The molecule has 17 nitrogen and oxygen atoms in total. The van der Waals surface area contributed by atoms with Gasteiger partial charge in [0.25, 0.3) is 0 Å². The summed E-state index contributed by atoms with van der Waals surface area (Å²) >= 11 is 0. The molecule has 2 amide bonds. The molecule has 320 valence electrons. The lowest BCUT2D eigenvalue weighted by molar-refractivity contribution is -0.146. The second kappa shape index (κ2) is 25.5. The van der Waals surface area contributed by atoms with Gasteiger partial charge in [-0.15, -0.1) is 0 Å². The van der Waals surface area contributed by atoms with Gasteiger partial charge in [0.2, 0.25) is 11.8 Å². The average Bonchev–Trinajstić information content (AvgIpc) is 3.15. The second-order valence-electron chi connectivity index (χ2n) is 13.8. The summed E-state index contributed by atoms with van der Waals surface area (Å²) in [5, 5.41) is 43.8. The SMILES string of the molecule is O=C(O)CN1CCN(CC(=O)O)CCN(C(CCC(=O)NCCCCCNC(=O)CCCCC(=O)Cc2c(F)c(F)cc(F)c2F)C(=O)O)CN(CC(=O)O)CC1. The summed E-state index contributed by atoms with van der Waals surface area (Å²) < 4.78 is 54.2. The van der Waals surface area contributed by atoms with Crippen molar-refractivity contribution in [1.29, 1.82) is 0 Å². The molecule has 1 aromatic rings. The first-order valence-electron chi connectivity index (χ1n) is 18.6.